The van der Waals surface area contributed by atoms with Gasteiger partial charge < -0.3 is 19.5 Å². The fraction of sp³-hybridized carbons (Fsp3) is 0.259. The van der Waals surface area contributed by atoms with Crippen LogP contribution in [0.1, 0.15) is 35.1 Å². The number of halogens is 3. The first-order valence-electron chi connectivity index (χ1n) is 11.5. The number of fused-ring (bicyclic) bond motifs is 3. The fourth-order valence-electron chi connectivity index (χ4n) is 5.17. The highest BCUT2D eigenvalue weighted by molar-refractivity contribution is 9.10. The molecule has 0 saturated carbocycles. The molecule has 0 bridgehead atoms. The van der Waals surface area contributed by atoms with Gasteiger partial charge in [0.2, 0.25) is 0 Å². The zero-order valence-corrected chi connectivity index (χ0v) is 23.1. The Hall–Kier alpha value is -2.94. The Morgan fingerprint density at radius 2 is 1.89 bits per heavy atom. The molecule has 1 heterocycles. The molecule has 0 unspecified atom stereocenters. The molecule has 3 aromatic carbocycles. The highest BCUT2D eigenvalue weighted by atomic mass is 79.9. The van der Waals surface area contributed by atoms with Crippen molar-refractivity contribution in [3.63, 3.8) is 0 Å². The molecule has 5 rings (SSSR count). The van der Waals surface area contributed by atoms with Crippen molar-refractivity contribution in [3.05, 3.63) is 95.9 Å². The van der Waals surface area contributed by atoms with Crippen molar-refractivity contribution in [1.82, 2.24) is 0 Å². The van der Waals surface area contributed by atoms with Gasteiger partial charge in [-0.3, -0.25) is 10.1 Å². The minimum Gasteiger partial charge on any atom is -0.495 e. The Balaban J connectivity index is 1.51. The van der Waals surface area contributed by atoms with Crippen molar-refractivity contribution in [1.29, 1.82) is 0 Å². The molecule has 3 atom stereocenters. The molecule has 0 saturated heterocycles. The van der Waals surface area contributed by atoms with Crippen LogP contribution in [-0.4, -0.2) is 19.1 Å². The van der Waals surface area contributed by atoms with E-state index < -0.39 is 0 Å². The Bertz CT molecular complexity index is 1410. The number of allylic oxidation sites excluding steroid dienone is 2. The zero-order chi connectivity index (χ0) is 26.3. The number of benzene rings is 3. The smallest absolute Gasteiger partial charge is 0.275 e. The largest absolute Gasteiger partial charge is 0.495 e. The molecule has 7 nitrogen and oxygen atoms in total. The summed E-state index contributed by atoms with van der Waals surface area (Å²) in [5.74, 6) is 1.62. The number of hydrogen-bond donors (Lipinski definition) is 1. The summed E-state index contributed by atoms with van der Waals surface area (Å²) in [6.07, 6.45) is 4.93. The van der Waals surface area contributed by atoms with E-state index >= 15 is 0 Å². The van der Waals surface area contributed by atoms with Gasteiger partial charge in [0.05, 0.1) is 40.9 Å². The van der Waals surface area contributed by atoms with Crippen LogP contribution >= 0.6 is 39.1 Å². The summed E-state index contributed by atoms with van der Waals surface area (Å²) >= 11 is 16.0. The second-order valence-electron chi connectivity index (χ2n) is 8.87. The van der Waals surface area contributed by atoms with E-state index in [0.29, 0.717) is 43.0 Å². The zero-order valence-electron chi connectivity index (χ0n) is 20.0. The van der Waals surface area contributed by atoms with Gasteiger partial charge in [0.1, 0.15) is 12.4 Å². The number of ether oxygens (including phenoxy) is 3. The molecule has 0 aromatic heterocycles. The minimum atomic E-state index is -0.331. The summed E-state index contributed by atoms with van der Waals surface area (Å²) in [4.78, 5) is 11.5. The van der Waals surface area contributed by atoms with Crippen LogP contribution in [0.4, 0.5) is 11.4 Å². The van der Waals surface area contributed by atoms with Gasteiger partial charge in [0.15, 0.2) is 11.5 Å². The standard InChI is InChI=1S/C27H23BrCl2N2O5/c1-35-22-9-8-21(32(33)34)24-17-4-3-5-18(17)25(31-26(22)24)15-10-19(28)27(23(11-15)36-2)37-13-14-6-7-16(29)12-20(14)30/h3-4,6-12,17-18,25,31H,5,13H2,1-2H3/t17-,18-,25-/m1/s1. The molecule has 1 N–H and O–H groups in total. The predicted octanol–water partition coefficient (Wildman–Crippen LogP) is 8.09. The SMILES string of the molecule is COc1ccc([N+](=O)[O-])c2c1N[C@H](c1cc(Br)c(OCc3ccc(Cl)cc3Cl)c(OC)c1)[C@@H]1CC=C[C@@H]21. The number of nitrogens with one attached hydrogen (secondary N) is 1. The first-order chi connectivity index (χ1) is 17.8. The van der Waals surface area contributed by atoms with E-state index in [-0.39, 0.29) is 35.1 Å². The second-order valence-corrected chi connectivity index (χ2v) is 10.6. The van der Waals surface area contributed by atoms with Crippen molar-refractivity contribution in [2.45, 2.75) is 25.0 Å². The number of nitro benzene ring substituents is 1. The van der Waals surface area contributed by atoms with E-state index in [0.717, 1.165) is 17.5 Å². The lowest BCUT2D eigenvalue weighted by Crippen LogP contribution is -2.30. The van der Waals surface area contributed by atoms with Crippen LogP contribution in [0.3, 0.4) is 0 Å². The van der Waals surface area contributed by atoms with E-state index in [1.54, 1.807) is 32.4 Å². The van der Waals surface area contributed by atoms with E-state index in [2.05, 4.69) is 33.4 Å². The van der Waals surface area contributed by atoms with Gasteiger partial charge in [0, 0.05) is 27.6 Å². The number of anilines is 1. The number of nitrogens with zero attached hydrogens (tertiary/aromatic N) is 1. The van der Waals surface area contributed by atoms with Crippen molar-refractivity contribution in [2.24, 2.45) is 5.92 Å². The molecule has 192 valence electrons. The van der Waals surface area contributed by atoms with Crippen LogP contribution in [-0.2, 0) is 6.61 Å². The lowest BCUT2D eigenvalue weighted by Gasteiger charge is -2.38. The molecular formula is C27H23BrCl2N2O5. The average molecular weight is 606 g/mol. The van der Waals surface area contributed by atoms with Crippen molar-refractivity contribution >= 4 is 50.5 Å². The van der Waals surface area contributed by atoms with Crippen LogP contribution in [0, 0.1) is 16.0 Å². The van der Waals surface area contributed by atoms with Crippen LogP contribution in [0.15, 0.2) is 59.1 Å². The summed E-state index contributed by atoms with van der Waals surface area (Å²) in [5.41, 5.74) is 3.14. The van der Waals surface area contributed by atoms with Gasteiger partial charge in [-0.1, -0.05) is 41.4 Å². The van der Waals surface area contributed by atoms with Gasteiger partial charge >= 0.3 is 0 Å². The number of methoxy groups -OCH3 is 2. The van der Waals surface area contributed by atoms with E-state index in [1.807, 2.05) is 18.2 Å². The topological polar surface area (TPSA) is 82.9 Å². The lowest BCUT2D eigenvalue weighted by molar-refractivity contribution is -0.385. The summed E-state index contributed by atoms with van der Waals surface area (Å²) < 4.78 is 18.1. The molecule has 2 aliphatic rings. The van der Waals surface area contributed by atoms with Gasteiger partial charge in [-0.15, -0.1) is 0 Å². The molecule has 10 heteroatoms. The molecule has 3 aromatic rings. The summed E-state index contributed by atoms with van der Waals surface area (Å²) in [7, 11) is 3.15. The Morgan fingerprint density at radius 3 is 2.59 bits per heavy atom. The third kappa shape index (κ3) is 4.74. The fourth-order valence-corrected chi connectivity index (χ4v) is 6.21. The lowest BCUT2D eigenvalue weighted by atomic mass is 9.76. The molecule has 37 heavy (non-hydrogen) atoms. The monoisotopic (exact) mass is 604 g/mol. The summed E-state index contributed by atoms with van der Waals surface area (Å²) in [5, 5.41) is 16.5. The minimum absolute atomic E-state index is 0.0783. The molecule has 1 aliphatic heterocycles. The highest BCUT2D eigenvalue weighted by Crippen LogP contribution is 2.55. The molecule has 0 fully saturated rings. The van der Waals surface area contributed by atoms with Gasteiger partial charge in [-0.25, -0.2) is 0 Å². The molecular weight excluding hydrogens is 583 g/mol. The van der Waals surface area contributed by atoms with Crippen LogP contribution < -0.4 is 19.5 Å². The number of rotatable bonds is 7. The summed E-state index contributed by atoms with van der Waals surface area (Å²) in [6, 6.07) is 12.2. The van der Waals surface area contributed by atoms with Gasteiger partial charge in [-0.05, 0) is 64.2 Å². The van der Waals surface area contributed by atoms with Crippen LogP contribution in [0.5, 0.6) is 17.2 Å². The van der Waals surface area contributed by atoms with Crippen LogP contribution in [0.25, 0.3) is 0 Å². The van der Waals surface area contributed by atoms with Crippen LogP contribution in [0.2, 0.25) is 10.0 Å². The third-order valence-electron chi connectivity index (χ3n) is 6.87. The van der Waals surface area contributed by atoms with Gasteiger partial charge in [-0.2, -0.15) is 0 Å². The average Bonchev–Trinajstić information content (AvgIpc) is 3.37. The molecule has 0 amide bonds. The third-order valence-corrected chi connectivity index (χ3v) is 8.05. The highest BCUT2D eigenvalue weighted by Gasteiger charge is 2.43. The van der Waals surface area contributed by atoms with Crippen molar-refractivity contribution in [2.75, 3.05) is 19.5 Å². The maximum atomic E-state index is 11.8. The molecule has 0 spiro atoms. The Morgan fingerprint density at radius 1 is 1.11 bits per heavy atom. The summed E-state index contributed by atoms with van der Waals surface area (Å²) in [6.45, 7) is 0.231. The van der Waals surface area contributed by atoms with Gasteiger partial charge in [0.25, 0.3) is 5.69 Å². The Kier molecular flexibility index (Phi) is 7.25. The maximum Gasteiger partial charge on any atom is 0.275 e. The predicted molar refractivity (Wildman–Crippen MR) is 147 cm³/mol. The quantitative estimate of drug-likeness (QED) is 0.166. The molecule has 1 aliphatic carbocycles. The van der Waals surface area contributed by atoms with E-state index in [1.165, 1.54) is 6.07 Å². The van der Waals surface area contributed by atoms with Crippen molar-refractivity contribution < 1.29 is 19.1 Å². The van der Waals surface area contributed by atoms with Crippen molar-refractivity contribution in [3.8, 4) is 17.2 Å². The second kappa shape index (κ2) is 10.4. The first kappa shape index (κ1) is 25.7. The van der Waals surface area contributed by atoms with E-state index in [4.69, 9.17) is 37.4 Å². The Labute approximate surface area is 232 Å². The molecule has 0 radical (unpaired) electrons. The number of hydrogen-bond acceptors (Lipinski definition) is 6. The first-order valence-corrected chi connectivity index (χ1v) is 13.1. The van der Waals surface area contributed by atoms with E-state index in [9.17, 15) is 10.1 Å². The number of nitro groups is 1. The normalized spacial score (nSPS) is 19.5. The maximum absolute atomic E-state index is 11.8.